The maximum absolute atomic E-state index is 12.9. The van der Waals surface area contributed by atoms with Crippen molar-refractivity contribution in [3.05, 3.63) is 12.2 Å². The zero-order valence-corrected chi connectivity index (χ0v) is 9.54. The Balaban J connectivity index is 2.36. The summed E-state index contributed by atoms with van der Waals surface area (Å²) in [5.41, 5.74) is 2.93. The largest absolute Gasteiger partial charge is 0.413 e. The van der Waals surface area contributed by atoms with Crippen molar-refractivity contribution >= 4 is 0 Å². The lowest BCUT2D eigenvalue weighted by molar-refractivity contribution is -0.187. The van der Waals surface area contributed by atoms with E-state index in [1.165, 1.54) is 10.9 Å². The number of alkyl halides is 3. The molecule has 4 nitrogen and oxygen atoms in total. The van der Waals surface area contributed by atoms with Gasteiger partial charge in [0.2, 0.25) is 0 Å². The number of halogens is 3. The molecule has 0 spiro atoms. The molecule has 1 saturated carbocycles. The van der Waals surface area contributed by atoms with Crippen molar-refractivity contribution in [2.75, 3.05) is 0 Å². The third-order valence-electron chi connectivity index (χ3n) is 3.34. The van der Waals surface area contributed by atoms with Crippen LogP contribution in [0.4, 0.5) is 13.2 Å². The van der Waals surface area contributed by atoms with E-state index in [1.807, 2.05) is 0 Å². The van der Waals surface area contributed by atoms with Gasteiger partial charge in [-0.2, -0.15) is 13.2 Å². The van der Waals surface area contributed by atoms with Gasteiger partial charge in [-0.3, -0.25) is 0 Å². The Bertz CT molecular complexity index is 391. The first-order valence-corrected chi connectivity index (χ1v) is 5.59. The Hall–Kier alpha value is -1.11. The molecule has 0 bridgehead atoms. The van der Waals surface area contributed by atoms with Crippen LogP contribution < -0.4 is 5.73 Å². The van der Waals surface area contributed by atoms with E-state index in [2.05, 4.69) is 10.2 Å². The van der Waals surface area contributed by atoms with Crippen LogP contribution >= 0.6 is 0 Å². The molecule has 2 rings (SSSR count). The summed E-state index contributed by atoms with van der Waals surface area (Å²) in [4.78, 5) is 0. The minimum absolute atomic E-state index is 0.0465. The lowest BCUT2D eigenvalue weighted by atomic mass is 10.0. The highest BCUT2D eigenvalue weighted by Gasteiger charge is 2.53. The van der Waals surface area contributed by atoms with E-state index < -0.39 is 11.7 Å². The van der Waals surface area contributed by atoms with Crippen LogP contribution in [0.25, 0.3) is 0 Å². The SMILES string of the molecule is CC(N)(c1nncn1C1CCCC1)C(F)(F)F. The van der Waals surface area contributed by atoms with Gasteiger partial charge in [0.25, 0.3) is 0 Å². The van der Waals surface area contributed by atoms with Crippen LogP contribution in [0, 0.1) is 0 Å². The summed E-state index contributed by atoms with van der Waals surface area (Å²) in [5, 5.41) is 7.15. The third kappa shape index (κ3) is 2.03. The maximum Gasteiger partial charge on any atom is 0.413 e. The molecule has 0 aliphatic heterocycles. The van der Waals surface area contributed by atoms with Crippen LogP contribution in [-0.2, 0) is 5.54 Å². The maximum atomic E-state index is 12.9. The molecule has 1 fully saturated rings. The molecular weight excluding hydrogens is 233 g/mol. The van der Waals surface area contributed by atoms with Gasteiger partial charge < -0.3 is 10.3 Å². The molecule has 0 amide bonds. The zero-order chi connectivity index (χ0) is 12.7. The normalized spacial score (nSPS) is 21.7. The Morgan fingerprint density at radius 3 is 2.47 bits per heavy atom. The van der Waals surface area contributed by atoms with Crippen LogP contribution in [0.15, 0.2) is 6.33 Å². The molecule has 0 saturated heterocycles. The smallest absolute Gasteiger partial charge is 0.313 e. The van der Waals surface area contributed by atoms with Crippen molar-refractivity contribution in [2.45, 2.75) is 50.4 Å². The van der Waals surface area contributed by atoms with Crippen molar-refractivity contribution in [1.29, 1.82) is 0 Å². The van der Waals surface area contributed by atoms with E-state index >= 15 is 0 Å². The molecule has 17 heavy (non-hydrogen) atoms. The van der Waals surface area contributed by atoms with Crippen molar-refractivity contribution in [2.24, 2.45) is 5.73 Å². The minimum Gasteiger partial charge on any atom is -0.313 e. The molecule has 1 aliphatic rings. The molecule has 7 heteroatoms. The van der Waals surface area contributed by atoms with E-state index in [9.17, 15) is 13.2 Å². The van der Waals surface area contributed by atoms with Gasteiger partial charge in [-0.15, -0.1) is 10.2 Å². The average molecular weight is 248 g/mol. The van der Waals surface area contributed by atoms with E-state index in [0.29, 0.717) is 0 Å². The van der Waals surface area contributed by atoms with E-state index in [-0.39, 0.29) is 11.9 Å². The Kier molecular flexibility index (Phi) is 2.89. The number of nitrogens with zero attached hydrogens (tertiary/aromatic N) is 3. The Morgan fingerprint density at radius 2 is 1.94 bits per heavy atom. The van der Waals surface area contributed by atoms with Gasteiger partial charge >= 0.3 is 6.18 Å². The van der Waals surface area contributed by atoms with Gasteiger partial charge in [0.15, 0.2) is 11.4 Å². The van der Waals surface area contributed by atoms with Gasteiger partial charge in [-0.05, 0) is 19.8 Å². The summed E-state index contributed by atoms with van der Waals surface area (Å²) in [5.74, 6) is -0.197. The molecule has 1 atom stereocenters. The fraction of sp³-hybridized carbons (Fsp3) is 0.800. The van der Waals surface area contributed by atoms with Gasteiger partial charge in [0.05, 0.1) is 0 Å². The van der Waals surface area contributed by atoms with Gasteiger partial charge in [0.1, 0.15) is 6.33 Å². The number of rotatable bonds is 2. The molecule has 1 aromatic heterocycles. The Labute approximate surface area is 97.0 Å². The monoisotopic (exact) mass is 248 g/mol. The zero-order valence-electron chi connectivity index (χ0n) is 9.54. The van der Waals surface area contributed by atoms with Gasteiger partial charge in [0, 0.05) is 6.04 Å². The number of hydrogen-bond donors (Lipinski definition) is 1. The summed E-state index contributed by atoms with van der Waals surface area (Å²) in [6.45, 7) is 0.933. The summed E-state index contributed by atoms with van der Waals surface area (Å²) in [6.07, 6.45) is 0.585. The van der Waals surface area contributed by atoms with Crippen LogP contribution in [-0.4, -0.2) is 20.9 Å². The standard InChI is InChI=1S/C10H15F3N4/c1-9(14,10(11,12)13)8-16-15-6-17(8)7-4-2-3-5-7/h6-7H,2-5,14H2,1H3. The first kappa shape index (κ1) is 12.3. The summed E-state index contributed by atoms with van der Waals surface area (Å²) in [7, 11) is 0. The van der Waals surface area contributed by atoms with Crippen molar-refractivity contribution in [3.63, 3.8) is 0 Å². The molecule has 0 radical (unpaired) electrons. The molecule has 1 heterocycles. The topological polar surface area (TPSA) is 56.7 Å². The summed E-state index contributed by atoms with van der Waals surface area (Å²) < 4.78 is 40.1. The Morgan fingerprint density at radius 1 is 1.35 bits per heavy atom. The second-order valence-electron chi connectivity index (χ2n) is 4.70. The minimum atomic E-state index is -4.53. The molecule has 2 N–H and O–H groups in total. The first-order chi connectivity index (χ1) is 7.84. The predicted molar refractivity (Wildman–Crippen MR) is 55.1 cm³/mol. The highest BCUT2D eigenvalue weighted by atomic mass is 19.4. The second-order valence-corrected chi connectivity index (χ2v) is 4.70. The van der Waals surface area contributed by atoms with Crippen LogP contribution in [0.2, 0.25) is 0 Å². The fourth-order valence-electron chi connectivity index (χ4n) is 2.19. The summed E-state index contributed by atoms with van der Waals surface area (Å²) >= 11 is 0. The number of hydrogen-bond acceptors (Lipinski definition) is 3. The number of aromatic nitrogens is 3. The quantitative estimate of drug-likeness (QED) is 0.872. The van der Waals surface area contributed by atoms with E-state index in [0.717, 1.165) is 32.6 Å². The molecule has 1 aromatic rings. The highest BCUT2D eigenvalue weighted by molar-refractivity contribution is 5.08. The highest BCUT2D eigenvalue weighted by Crippen LogP contribution is 2.38. The third-order valence-corrected chi connectivity index (χ3v) is 3.34. The van der Waals surface area contributed by atoms with E-state index in [4.69, 9.17) is 5.73 Å². The van der Waals surface area contributed by atoms with Crippen molar-refractivity contribution in [3.8, 4) is 0 Å². The van der Waals surface area contributed by atoms with Crippen molar-refractivity contribution in [1.82, 2.24) is 14.8 Å². The molecule has 1 aliphatic carbocycles. The fourth-order valence-corrected chi connectivity index (χ4v) is 2.19. The lowest BCUT2D eigenvalue weighted by Gasteiger charge is -2.28. The molecular formula is C10H15F3N4. The summed E-state index contributed by atoms with van der Waals surface area (Å²) in [6, 6.07) is 0.0465. The van der Waals surface area contributed by atoms with Gasteiger partial charge in [-0.1, -0.05) is 12.8 Å². The molecule has 96 valence electrons. The predicted octanol–water partition coefficient (Wildman–Crippen LogP) is 2.13. The van der Waals surface area contributed by atoms with E-state index in [1.54, 1.807) is 0 Å². The molecule has 1 unspecified atom stereocenters. The van der Waals surface area contributed by atoms with Crippen molar-refractivity contribution < 1.29 is 13.2 Å². The second kappa shape index (κ2) is 3.97. The number of nitrogens with two attached hydrogens (primary N) is 1. The van der Waals surface area contributed by atoms with Crippen LogP contribution in [0.1, 0.15) is 44.5 Å². The van der Waals surface area contributed by atoms with Crippen LogP contribution in [0.5, 0.6) is 0 Å². The average Bonchev–Trinajstić information content (AvgIpc) is 2.86. The van der Waals surface area contributed by atoms with Gasteiger partial charge in [-0.25, -0.2) is 0 Å². The van der Waals surface area contributed by atoms with Crippen LogP contribution in [0.3, 0.4) is 0 Å². The first-order valence-electron chi connectivity index (χ1n) is 5.59. The lowest BCUT2D eigenvalue weighted by Crippen LogP contribution is -2.49. The molecule has 0 aromatic carbocycles.